The lowest BCUT2D eigenvalue weighted by Gasteiger charge is -2.28. The Balaban J connectivity index is -0.000000142. The zero-order valence-corrected chi connectivity index (χ0v) is 42.2. The van der Waals surface area contributed by atoms with Gasteiger partial charge >= 0.3 is 0 Å². The van der Waals surface area contributed by atoms with Crippen LogP contribution in [-0.2, 0) is 30.5 Å². The number of methoxy groups -OCH3 is 3. The molecule has 0 aliphatic rings. The Morgan fingerprint density at radius 1 is 0.386 bits per heavy atom. The van der Waals surface area contributed by atoms with Gasteiger partial charge in [-0.15, -0.1) is 0 Å². The molecule has 0 saturated heterocycles. The molecule has 0 heterocycles. The van der Waals surface area contributed by atoms with Gasteiger partial charge < -0.3 is 19.3 Å². The van der Waals surface area contributed by atoms with Crippen molar-refractivity contribution in [3.63, 3.8) is 0 Å². The van der Waals surface area contributed by atoms with Crippen LogP contribution in [0.15, 0.2) is 91.0 Å². The van der Waals surface area contributed by atoms with E-state index < -0.39 is 5.79 Å². The van der Waals surface area contributed by atoms with E-state index in [4.69, 9.17) is 14.6 Å². The molecular formula is C53H100O4. The summed E-state index contributed by atoms with van der Waals surface area (Å²) in [7, 11) is 7.48. The molecule has 0 aromatic heterocycles. The Kier molecular flexibility index (Phi) is 51.9. The molecule has 0 aliphatic heterocycles. The highest BCUT2D eigenvalue weighted by Crippen LogP contribution is 2.33. The fourth-order valence-corrected chi connectivity index (χ4v) is 5.84. The molecule has 0 bridgehead atoms. The van der Waals surface area contributed by atoms with E-state index in [2.05, 4.69) is 158 Å². The van der Waals surface area contributed by atoms with E-state index in [1.54, 1.807) is 28.4 Å². The minimum Gasteiger partial charge on any atom is -0.400 e. The molecule has 0 radical (unpaired) electrons. The number of hydrogen-bond donors (Lipinski definition) is 1. The molecule has 3 aromatic carbocycles. The fourth-order valence-electron chi connectivity index (χ4n) is 5.84. The molecule has 4 heteroatoms. The highest BCUT2D eigenvalue weighted by atomic mass is 16.7. The zero-order valence-electron chi connectivity index (χ0n) is 42.2. The van der Waals surface area contributed by atoms with Gasteiger partial charge in [0, 0.05) is 35.5 Å². The van der Waals surface area contributed by atoms with Crippen molar-refractivity contribution in [3.05, 3.63) is 108 Å². The van der Waals surface area contributed by atoms with Crippen molar-refractivity contribution in [2.75, 3.05) is 35.5 Å². The van der Waals surface area contributed by atoms with E-state index in [0.717, 1.165) is 7.11 Å². The number of aliphatic hydroxyl groups is 1. The summed E-state index contributed by atoms with van der Waals surface area (Å²) in [6.07, 6.45) is 11.3. The molecular weight excluding hydrogens is 701 g/mol. The molecule has 3 atom stereocenters. The van der Waals surface area contributed by atoms with Crippen molar-refractivity contribution in [2.24, 2.45) is 0 Å². The first-order valence-electron chi connectivity index (χ1n) is 22.3. The average Bonchev–Trinajstić information content (AvgIpc) is 3.28. The van der Waals surface area contributed by atoms with Gasteiger partial charge in [0.25, 0.3) is 0 Å². The predicted molar refractivity (Wildman–Crippen MR) is 260 cm³/mol. The van der Waals surface area contributed by atoms with Crippen molar-refractivity contribution >= 4 is 0 Å². The van der Waals surface area contributed by atoms with E-state index in [1.807, 2.05) is 55.4 Å². The van der Waals surface area contributed by atoms with Crippen LogP contribution >= 0.6 is 0 Å². The summed E-state index contributed by atoms with van der Waals surface area (Å²) >= 11 is 0. The van der Waals surface area contributed by atoms with Crippen molar-refractivity contribution in [3.8, 4) is 0 Å². The van der Waals surface area contributed by atoms with Crippen LogP contribution in [-0.4, -0.2) is 46.4 Å². The van der Waals surface area contributed by atoms with E-state index in [-0.39, 0.29) is 0 Å². The maximum atomic E-state index is 7.00. The predicted octanol–water partition coefficient (Wildman–Crippen LogP) is 16.4. The molecule has 3 rings (SSSR count). The molecule has 4 nitrogen and oxygen atoms in total. The van der Waals surface area contributed by atoms with E-state index in [0.29, 0.717) is 16.2 Å². The van der Waals surface area contributed by atoms with Crippen LogP contribution < -0.4 is 0 Å². The second-order valence-electron chi connectivity index (χ2n) is 14.3. The molecule has 3 aromatic rings. The van der Waals surface area contributed by atoms with Crippen molar-refractivity contribution in [1.29, 1.82) is 0 Å². The second-order valence-corrected chi connectivity index (χ2v) is 14.3. The van der Waals surface area contributed by atoms with Crippen molar-refractivity contribution in [2.45, 2.75) is 198 Å². The first-order valence-corrected chi connectivity index (χ1v) is 22.3. The summed E-state index contributed by atoms with van der Waals surface area (Å²) in [5, 5.41) is 7.00. The molecule has 0 saturated carbocycles. The standard InChI is InChI=1S/3C13H20.C5H12O2.C2H6O.3C2H6.CH4O/c3*1-4-11-13(3,5-2)12-9-7-6-8-10-12;1-5(2,6-3)7-4;1-3-2;4*1-2/h3*6-10H,4-5,11H2,1-3H3;1-4H3;1-2H3;3*1-2H3;2H,1H3. The van der Waals surface area contributed by atoms with Gasteiger partial charge in [0.15, 0.2) is 5.79 Å². The maximum Gasteiger partial charge on any atom is 0.161 e. The van der Waals surface area contributed by atoms with Crippen LogP contribution in [0.4, 0.5) is 0 Å². The van der Waals surface area contributed by atoms with Gasteiger partial charge in [-0.2, -0.15) is 0 Å². The van der Waals surface area contributed by atoms with Crippen molar-refractivity contribution < 1.29 is 19.3 Å². The Hall–Kier alpha value is -2.50. The number of rotatable bonds is 14. The van der Waals surface area contributed by atoms with Gasteiger partial charge in [-0.3, -0.25) is 0 Å². The Labute approximate surface area is 359 Å². The molecule has 0 fully saturated rings. The third-order valence-electron chi connectivity index (χ3n) is 10.1. The normalized spacial score (nSPS) is 12.7. The summed E-state index contributed by atoms with van der Waals surface area (Å²) in [5.74, 6) is -0.417. The van der Waals surface area contributed by atoms with E-state index in [9.17, 15) is 0 Å². The first-order chi connectivity index (χ1) is 27.2. The summed E-state index contributed by atoms with van der Waals surface area (Å²) in [6.45, 7) is 36.4. The Morgan fingerprint density at radius 3 is 0.667 bits per heavy atom. The van der Waals surface area contributed by atoms with Crippen LogP contribution in [0.25, 0.3) is 0 Å². The van der Waals surface area contributed by atoms with Gasteiger partial charge in [0.05, 0.1) is 0 Å². The quantitative estimate of drug-likeness (QED) is 0.165. The molecule has 0 spiro atoms. The molecule has 0 amide bonds. The van der Waals surface area contributed by atoms with E-state index in [1.165, 1.54) is 74.5 Å². The van der Waals surface area contributed by atoms with Gasteiger partial charge in [-0.25, -0.2) is 0 Å². The van der Waals surface area contributed by atoms with Crippen molar-refractivity contribution in [1.82, 2.24) is 0 Å². The average molecular weight is 801 g/mol. The monoisotopic (exact) mass is 801 g/mol. The molecule has 336 valence electrons. The Morgan fingerprint density at radius 2 is 0.561 bits per heavy atom. The third-order valence-corrected chi connectivity index (χ3v) is 10.1. The highest BCUT2D eigenvalue weighted by molar-refractivity contribution is 5.25. The first kappa shape index (κ1) is 66.3. The molecule has 57 heavy (non-hydrogen) atoms. The zero-order chi connectivity index (χ0) is 45.8. The fraction of sp³-hybridized carbons (Fsp3) is 0.660. The Bertz CT molecular complexity index is 997. The number of hydrogen-bond acceptors (Lipinski definition) is 4. The van der Waals surface area contributed by atoms with Crippen LogP contribution in [0.5, 0.6) is 0 Å². The molecule has 3 unspecified atom stereocenters. The third kappa shape index (κ3) is 32.1. The SMILES string of the molecule is CC.CC.CC.CCCC(C)(CC)c1ccccc1.CCCC(C)(CC)c1ccccc1.CCCC(C)(CC)c1ccccc1.CO.COC.COC(C)(C)OC. The smallest absolute Gasteiger partial charge is 0.161 e. The van der Waals surface area contributed by atoms with Crippen LogP contribution in [0.1, 0.15) is 192 Å². The molecule has 0 aliphatic carbocycles. The topological polar surface area (TPSA) is 47.9 Å². The lowest BCUT2D eigenvalue weighted by Crippen LogP contribution is -2.24. The minimum absolute atomic E-state index is 0.385. The summed E-state index contributed by atoms with van der Waals surface area (Å²) in [6, 6.07) is 32.6. The van der Waals surface area contributed by atoms with Crippen LogP contribution in [0.2, 0.25) is 0 Å². The number of benzene rings is 3. The van der Waals surface area contributed by atoms with Gasteiger partial charge in [0.2, 0.25) is 0 Å². The lowest BCUT2D eigenvalue weighted by atomic mass is 9.77. The van der Waals surface area contributed by atoms with Gasteiger partial charge in [-0.05, 0) is 85.3 Å². The summed E-state index contributed by atoms with van der Waals surface area (Å²) in [4.78, 5) is 0. The minimum atomic E-state index is -0.417. The van der Waals surface area contributed by atoms with Crippen LogP contribution in [0, 0.1) is 0 Å². The van der Waals surface area contributed by atoms with Crippen LogP contribution in [0.3, 0.4) is 0 Å². The second kappa shape index (κ2) is 44.6. The maximum absolute atomic E-state index is 7.00. The molecule has 1 N–H and O–H groups in total. The summed E-state index contributed by atoms with van der Waals surface area (Å²) < 4.78 is 14.0. The highest BCUT2D eigenvalue weighted by Gasteiger charge is 2.24. The number of aliphatic hydroxyl groups excluding tert-OH is 1. The largest absolute Gasteiger partial charge is 0.400 e. The van der Waals surface area contributed by atoms with E-state index >= 15 is 0 Å². The van der Waals surface area contributed by atoms with Gasteiger partial charge in [-0.1, -0.05) is 214 Å². The van der Waals surface area contributed by atoms with Gasteiger partial charge in [0.1, 0.15) is 0 Å². The number of ether oxygens (including phenoxy) is 3. The summed E-state index contributed by atoms with van der Waals surface area (Å²) in [5.41, 5.74) is 5.61. The lowest BCUT2D eigenvalue weighted by molar-refractivity contribution is -0.178.